The highest BCUT2D eigenvalue weighted by molar-refractivity contribution is 6.07. The van der Waals surface area contributed by atoms with Gasteiger partial charge in [0.1, 0.15) is 11.5 Å². The largest absolute Gasteiger partial charge is 0.497 e. The number of aromatic nitrogens is 1. The molecule has 1 N–H and O–H groups in total. The molecule has 0 fully saturated rings. The highest BCUT2D eigenvalue weighted by Gasteiger charge is 2.26. The number of hydrogen-bond donors (Lipinski definition) is 1. The van der Waals surface area contributed by atoms with Gasteiger partial charge in [-0.05, 0) is 69.3 Å². The molecule has 3 aromatic carbocycles. The number of amides is 1. The zero-order chi connectivity index (χ0) is 28.6. The van der Waals surface area contributed by atoms with Crippen LogP contribution in [0.1, 0.15) is 36.7 Å². The molecule has 0 spiro atoms. The number of carbonyl (C=O) groups is 1. The van der Waals surface area contributed by atoms with Crippen molar-refractivity contribution >= 4 is 22.5 Å². The van der Waals surface area contributed by atoms with Gasteiger partial charge in [0, 0.05) is 22.0 Å². The number of hydrogen-bond acceptors (Lipinski definition) is 7. The first-order chi connectivity index (χ1) is 19.4. The molecule has 0 unspecified atom stereocenters. The van der Waals surface area contributed by atoms with Crippen LogP contribution in [0.4, 0.5) is 5.69 Å². The van der Waals surface area contributed by atoms with Crippen molar-refractivity contribution in [3.63, 3.8) is 0 Å². The number of nitrogens with one attached hydrogen (secondary N) is 1. The summed E-state index contributed by atoms with van der Waals surface area (Å²) in [6, 6.07) is 17.6. The lowest BCUT2D eigenvalue weighted by atomic mass is 10.1. The number of nitrogens with zero attached hydrogens (tertiary/aromatic N) is 1. The van der Waals surface area contributed by atoms with E-state index in [0.29, 0.717) is 70.9 Å². The van der Waals surface area contributed by atoms with E-state index in [1.165, 1.54) is 12.0 Å². The number of ether oxygens (including phenoxy) is 5. The van der Waals surface area contributed by atoms with Gasteiger partial charge >= 0.3 is 0 Å². The van der Waals surface area contributed by atoms with Crippen molar-refractivity contribution < 1.29 is 28.5 Å². The third kappa shape index (κ3) is 5.98. The van der Waals surface area contributed by atoms with Crippen molar-refractivity contribution in [1.82, 2.24) is 4.98 Å². The van der Waals surface area contributed by atoms with Crippen LogP contribution < -0.4 is 34.1 Å². The van der Waals surface area contributed by atoms with Gasteiger partial charge in [-0.1, -0.05) is 12.1 Å². The van der Waals surface area contributed by atoms with Crippen LogP contribution in [0.2, 0.25) is 0 Å². The van der Waals surface area contributed by atoms with Crippen molar-refractivity contribution in [2.75, 3.05) is 38.9 Å². The Balaban J connectivity index is 1.86. The normalized spacial score (nSPS) is 10.7. The van der Waals surface area contributed by atoms with Crippen molar-refractivity contribution in [3.8, 4) is 28.7 Å². The number of benzene rings is 3. The molecule has 0 aliphatic rings. The van der Waals surface area contributed by atoms with Crippen LogP contribution in [0.15, 0.2) is 65.5 Å². The number of pyridine rings is 1. The van der Waals surface area contributed by atoms with Crippen LogP contribution >= 0.6 is 0 Å². The Labute approximate surface area is 233 Å². The molecule has 1 aromatic heterocycles. The van der Waals surface area contributed by atoms with Gasteiger partial charge in [-0.2, -0.15) is 0 Å². The first kappa shape index (κ1) is 28.4. The number of rotatable bonds is 12. The minimum absolute atomic E-state index is 0.0250. The Hall–Kier alpha value is -4.66. The Bertz CT molecular complexity index is 1520. The van der Waals surface area contributed by atoms with Crippen LogP contribution in [-0.2, 0) is 6.54 Å². The molecule has 4 rings (SSSR count). The summed E-state index contributed by atoms with van der Waals surface area (Å²) < 4.78 is 28.4. The van der Waals surface area contributed by atoms with Crippen molar-refractivity contribution in [2.45, 2.75) is 27.3 Å². The number of anilines is 1. The zero-order valence-electron chi connectivity index (χ0n) is 23.4. The van der Waals surface area contributed by atoms with Crippen LogP contribution in [-0.4, -0.2) is 44.9 Å². The molecular formula is C31H34N2O7. The maximum absolute atomic E-state index is 14.3. The van der Waals surface area contributed by atoms with E-state index in [1.807, 2.05) is 39.0 Å². The predicted molar refractivity (Wildman–Crippen MR) is 155 cm³/mol. The first-order valence-corrected chi connectivity index (χ1v) is 13.1. The molecule has 0 radical (unpaired) electrons. The quantitative estimate of drug-likeness (QED) is 0.247. The summed E-state index contributed by atoms with van der Waals surface area (Å²) in [7, 11) is 3.12. The lowest BCUT2D eigenvalue weighted by molar-refractivity contribution is 0.0983. The van der Waals surface area contributed by atoms with Gasteiger partial charge in [0.15, 0.2) is 11.5 Å². The minimum Gasteiger partial charge on any atom is -0.497 e. The topological polar surface area (TPSA) is 99.3 Å². The lowest BCUT2D eigenvalue weighted by Crippen LogP contribution is -2.33. The van der Waals surface area contributed by atoms with E-state index >= 15 is 0 Å². The van der Waals surface area contributed by atoms with Gasteiger partial charge in [-0.25, -0.2) is 0 Å². The molecule has 9 nitrogen and oxygen atoms in total. The van der Waals surface area contributed by atoms with E-state index in [2.05, 4.69) is 4.98 Å². The van der Waals surface area contributed by atoms with E-state index in [0.717, 1.165) is 5.39 Å². The fourth-order valence-electron chi connectivity index (χ4n) is 4.43. The SMILES string of the molecule is CCOc1cc(C(=O)N(Cc2cc3cc(OC)ccc3[nH]c2=O)c2ccccc2OC)cc(OCC)c1OCC. The number of methoxy groups -OCH3 is 2. The molecule has 0 bridgehead atoms. The fraction of sp³-hybridized carbons (Fsp3) is 0.290. The summed E-state index contributed by atoms with van der Waals surface area (Å²) in [6.45, 7) is 6.69. The summed E-state index contributed by atoms with van der Waals surface area (Å²) in [5.74, 6) is 2.00. The van der Waals surface area contributed by atoms with Gasteiger partial charge in [-0.3, -0.25) is 9.59 Å². The smallest absolute Gasteiger partial charge is 0.258 e. The molecule has 0 aliphatic carbocycles. The Kier molecular flexibility index (Phi) is 9.16. The Morgan fingerprint density at radius 2 is 1.48 bits per heavy atom. The number of H-pyrrole nitrogens is 1. The van der Waals surface area contributed by atoms with Gasteiger partial charge in [0.2, 0.25) is 5.75 Å². The number of para-hydroxylation sites is 2. The van der Waals surface area contributed by atoms with Gasteiger partial charge in [0.05, 0.1) is 46.3 Å². The molecule has 210 valence electrons. The average Bonchev–Trinajstić information content (AvgIpc) is 2.97. The second-order valence-corrected chi connectivity index (χ2v) is 8.74. The lowest BCUT2D eigenvalue weighted by Gasteiger charge is -2.25. The molecule has 4 aromatic rings. The molecule has 40 heavy (non-hydrogen) atoms. The van der Waals surface area contributed by atoms with Crippen molar-refractivity contribution in [2.24, 2.45) is 0 Å². The average molecular weight is 547 g/mol. The Morgan fingerprint density at radius 3 is 2.10 bits per heavy atom. The highest BCUT2D eigenvalue weighted by Crippen LogP contribution is 2.40. The van der Waals surface area contributed by atoms with Gasteiger partial charge < -0.3 is 33.6 Å². The number of aromatic amines is 1. The third-order valence-electron chi connectivity index (χ3n) is 6.23. The molecule has 9 heteroatoms. The predicted octanol–water partition coefficient (Wildman–Crippen LogP) is 5.59. The second kappa shape index (κ2) is 12.9. The van der Waals surface area contributed by atoms with Crippen LogP contribution in [0.5, 0.6) is 28.7 Å². The standard InChI is InChI=1S/C31H34N2O7/c1-6-38-27-17-21(18-28(39-7-2)29(27)40-8-3)31(35)33(25-11-9-10-12-26(25)37-5)19-22-15-20-16-23(36-4)13-14-24(20)32-30(22)34/h9-18H,6-8,19H2,1-5H3,(H,32,34). The molecule has 0 saturated heterocycles. The second-order valence-electron chi connectivity index (χ2n) is 8.74. The van der Waals surface area contributed by atoms with Crippen LogP contribution in [0, 0.1) is 0 Å². The molecule has 1 amide bonds. The van der Waals surface area contributed by atoms with E-state index in [1.54, 1.807) is 49.6 Å². The monoisotopic (exact) mass is 546 g/mol. The zero-order valence-corrected chi connectivity index (χ0v) is 23.4. The molecule has 0 saturated carbocycles. The van der Waals surface area contributed by atoms with E-state index in [4.69, 9.17) is 23.7 Å². The van der Waals surface area contributed by atoms with Crippen molar-refractivity contribution in [1.29, 1.82) is 0 Å². The van der Waals surface area contributed by atoms with Gasteiger partial charge in [0.25, 0.3) is 11.5 Å². The molecular weight excluding hydrogens is 512 g/mol. The van der Waals surface area contributed by atoms with E-state index < -0.39 is 0 Å². The van der Waals surface area contributed by atoms with E-state index in [-0.39, 0.29) is 18.0 Å². The molecule has 0 aliphatic heterocycles. The minimum atomic E-state index is -0.375. The van der Waals surface area contributed by atoms with Crippen LogP contribution in [0.25, 0.3) is 10.9 Å². The summed E-state index contributed by atoms with van der Waals surface area (Å²) >= 11 is 0. The summed E-state index contributed by atoms with van der Waals surface area (Å²) in [5.41, 5.74) is 1.56. The maximum Gasteiger partial charge on any atom is 0.258 e. The first-order valence-electron chi connectivity index (χ1n) is 13.1. The fourth-order valence-corrected chi connectivity index (χ4v) is 4.43. The maximum atomic E-state index is 14.3. The summed E-state index contributed by atoms with van der Waals surface area (Å²) in [5, 5.41) is 0.778. The molecule has 0 atom stereocenters. The Morgan fingerprint density at radius 1 is 0.800 bits per heavy atom. The van der Waals surface area contributed by atoms with Crippen molar-refractivity contribution in [3.05, 3.63) is 82.1 Å². The highest BCUT2D eigenvalue weighted by atomic mass is 16.5. The van der Waals surface area contributed by atoms with Crippen LogP contribution in [0.3, 0.4) is 0 Å². The number of fused-ring (bicyclic) bond motifs is 1. The summed E-state index contributed by atoms with van der Waals surface area (Å²) in [4.78, 5) is 31.8. The molecule has 1 heterocycles. The number of carbonyl (C=O) groups excluding carboxylic acids is 1. The van der Waals surface area contributed by atoms with Gasteiger partial charge in [-0.15, -0.1) is 0 Å². The summed E-state index contributed by atoms with van der Waals surface area (Å²) in [6.07, 6.45) is 0. The van der Waals surface area contributed by atoms with E-state index in [9.17, 15) is 9.59 Å². The third-order valence-corrected chi connectivity index (χ3v) is 6.23.